The van der Waals surface area contributed by atoms with Crippen LogP contribution >= 0.6 is 0 Å². The predicted octanol–water partition coefficient (Wildman–Crippen LogP) is 4.98. The van der Waals surface area contributed by atoms with Gasteiger partial charge in [0, 0.05) is 48.5 Å². The molecule has 2 aliphatic heterocycles. The topological polar surface area (TPSA) is 92.3 Å². The zero-order valence-electron chi connectivity index (χ0n) is 19.8. The van der Waals surface area contributed by atoms with Crippen LogP contribution in [0.4, 0.5) is 5.69 Å². The fraction of sp³-hybridized carbons (Fsp3) is 0.259. The van der Waals surface area contributed by atoms with Gasteiger partial charge in [0.05, 0.1) is 11.7 Å². The molecule has 8 nitrogen and oxygen atoms in total. The van der Waals surface area contributed by atoms with Crippen molar-refractivity contribution in [2.45, 2.75) is 32.5 Å². The Morgan fingerprint density at radius 2 is 1.63 bits per heavy atom. The molecule has 0 aliphatic carbocycles. The Morgan fingerprint density at radius 1 is 0.971 bits per heavy atom. The van der Waals surface area contributed by atoms with Crippen LogP contribution in [0.2, 0.25) is 0 Å². The number of anilines is 1. The number of fused-ring (bicyclic) bond motifs is 6. The second kappa shape index (κ2) is 8.54. The van der Waals surface area contributed by atoms with Crippen molar-refractivity contribution in [1.29, 1.82) is 0 Å². The number of nitrogens with one attached hydrogen (secondary N) is 1. The van der Waals surface area contributed by atoms with Gasteiger partial charge in [-0.1, -0.05) is 6.07 Å². The Labute approximate surface area is 202 Å². The Morgan fingerprint density at radius 3 is 2.29 bits per heavy atom. The maximum absolute atomic E-state index is 13.1. The zero-order chi connectivity index (χ0) is 24.7. The van der Waals surface area contributed by atoms with Crippen molar-refractivity contribution in [2.24, 2.45) is 0 Å². The highest BCUT2D eigenvalue weighted by Gasteiger charge is 2.53. The Hall–Kier alpha value is -4.20. The quantitative estimate of drug-likeness (QED) is 0.394. The first-order chi connectivity index (χ1) is 16.8. The van der Waals surface area contributed by atoms with Gasteiger partial charge in [0.2, 0.25) is 6.79 Å². The first-order valence-corrected chi connectivity index (χ1v) is 11.3. The lowest BCUT2D eigenvalue weighted by Gasteiger charge is -2.36. The number of esters is 2. The van der Waals surface area contributed by atoms with Gasteiger partial charge in [-0.2, -0.15) is 0 Å². The van der Waals surface area contributed by atoms with Crippen LogP contribution < -0.4 is 19.5 Å². The van der Waals surface area contributed by atoms with Crippen LogP contribution in [0, 0.1) is 0 Å². The molecular formula is C27H25NO7. The van der Waals surface area contributed by atoms with Crippen LogP contribution in [0.3, 0.4) is 0 Å². The Bertz CT molecular complexity index is 1330. The van der Waals surface area contributed by atoms with Crippen molar-refractivity contribution in [3.8, 4) is 23.0 Å². The van der Waals surface area contributed by atoms with E-state index in [4.69, 9.17) is 23.7 Å². The summed E-state index contributed by atoms with van der Waals surface area (Å²) in [6.45, 7) is 4.96. The molecule has 180 valence electrons. The molecule has 0 saturated heterocycles. The number of hydrogen-bond acceptors (Lipinski definition) is 8. The van der Waals surface area contributed by atoms with Gasteiger partial charge in [-0.25, -0.2) is 4.79 Å². The molecule has 3 aromatic carbocycles. The van der Waals surface area contributed by atoms with Gasteiger partial charge >= 0.3 is 11.9 Å². The van der Waals surface area contributed by atoms with E-state index >= 15 is 0 Å². The van der Waals surface area contributed by atoms with Crippen molar-refractivity contribution >= 4 is 17.6 Å². The van der Waals surface area contributed by atoms with E-state index in [1.54, 1.807) is 37.4 Å². The second-order valence-corrected chi connectivity index (χ2v) is 8.56. The van der Waals surface area contributed by atoms with Gasteiger partial charge in [-0.15, -0.1) is 0 Å². The lowest BCUT2D eigenvalue weighted by atomic mass is 9.77. The summed E-state index contributed by atoms with van der Waals surface area (Å²) in [7, 11) is 1.80. The highest BCUT2D eigenvalue weighted by Crippen LogP contribution is 2.57. The van der Waals surface area contributed by atoms with Crippen LogP contribution in [0.15, 0.2) is 54.6 Å². The zero-order valence-corrected chi connectivity index (χ0v) is 19.8. The molecule has 8 heteroatoms. The fourth-order valence-corrected chi connectivity index (χ4v) is 4.46. The number of carbonyl (C=O) groups excluding carboxylic acids is 2. The summed E-state index contributed by atoms with van der Waals surface area (Å²) in [6, 6.07) is 16.3. The minimum atomic E-state index is -1.20. The smallest absolute Gasteiger partial charge is 0.340 e. The number of rotatable bonds is 6. The fourth-order valence-electron chi connectivity index (χ4n) is 4.46. The van der Waals surface area contributed by atoms with E-state index < -0.39 is 17.5 Å². The van der Waals surface area contributed by atoms with Crippen molar-refractivity contribution in [1.82, 2.24) is 0 Å². The van der Waals surface area contributed by atoms with Gasteiger partial charge in [0.25, 0.3) is 0 Å². The SMILES string of the molecule is CNc1ccc2c(c1)C(=O)OC21c2ccc(OCOC(C)=O)cc2Oc2cc(OC(C)C)ccc21. The minimum absolute atomic E-state index is 0.0239. The number of ether oxygens (including phenoxy) is 5. The molecule has 2 aliphatic rings. The molecule has 1 atom stereocenters. The average Bonchev–Trinajstić information content (AvgIpc) is 3.10. The summed E-state index contributed by atoms with van der Waals surface area (Å²) in [5.74, 6) is 1.17. The molecule has 0 fully saturated rings. The average molecular weight is 475 g/mol. The van der Waals surface area contributed by atoms with E-state index in [9.17, 15) is 9.59 Å². The van der Waals surface area contributed by atoms with Gasteiger partial charge in [-0.05, 0) is 50.2 Å². The lowest BCUT2D eigenvalue weighted by molar-refractivity contribution is -0.147. The predicted molar refractivity (Wildman–Crippen MR) is 127 cm³/mol. The maximum Gasteiger partial charge on any atom is 0.340 e. The third-order valence-corrected chi connectivity index (χ3v) is 5.90. The van der Waals surface area contributed by atoms with Gasteiger partial charge in [-0.3, -0.25) is 4.79 Å². The normalized spacial score (nSPS) is 17.1. The second-order valence-electron chi connectivity index (χ2n) is 8.56. The molecule has 3 aromatic rings. The summed E-state index contributed by atoms with van der Waals surface area (Å²) in [6.07, 6.45) is -0.0239. The van der Waals surface area contributed by atoms with Crippen LogP contribution in [-0.4, -0.2) is 31.9 Å². The molecule has 0 radical (unpaired) electrons. The van der Waals surface area contributed by atoms with Crippen LogP contribution in [0.5, 0.6) is 23.0 Å². The highest BCUT2D eigenvalue weighted by molar-refractivity contribution is 5.98. The molecule has 35 heavy (non-hydrogen) atoms. The van der Waals surface area contributed by atoms with Crippen molar-refractivity contribution in [3.63, 3.8) is 0 Å². The van der Waals surface area contributed by atoms with Crippen molar-refractivity contribution in [3.05, 3.63) is 76.9 Å². The molecule has 0 bridgehead atoms. The molecule has 1 unspecified atom stereocenters. The summed E-state index contributed by atoms with van der Waals surface area (Å²) in [4.78, 5) is 24.2. The monoisotopic (exact) mass is 475 g/mol. The molecule has 2 heterocycles. The van der Waals surface area contributed by atoms with E-state index in [-0.39, 0.29) is 12.9 Å². The van der Waals surface area contributed by atoms with Crippen LogP contribution in [0.25, 0.3) is 0 Å². The molecule has 0 saturated carbocycles. The molecule has 0 amide bonds. The first kappa shape index (κ1) is 22.6. The molecule has 1 N–H and O–H groups in total. The number of carbonyl (C=O) groups is 2. The molecule has 1 spiro atoms. The molecule has 5 rings (SSSR count). The van der Waals surface area contributed by atoms with E-state index in [2.05, 4.69) is 5.32 Å². The number of hydrogen-bond donors (Lipinski definition) is 1. The summed E-state index contributed by atoms with van der Waals surface area (Å²) in [5, 5.41) is 3.07. The maximum atomic E-state index is 13.1. The Kier molecular flexibility index (Phi) is 5.51. The highest BCUT2D eigenvalue weighted by atomic mass is 16.7. The van der Waals surface area contributed by atoms with Gasteiger partial charge in [0.15, 0.2) is 5.60 Å². The van der Waals surface area contributed by atoms with Crippen molar-refractivity contribution < 1.29 is 33.3 Å². The van der Waals surface area contributed by atoms with Crippen molar-refractivity contribution in [2.75, 3.05) is 19.2 Å². The largest absolute Gasteiger partial charge is 0.491 e. The standard InChI is InChI=1S/C27H25NO7/c1-15(2)33-19-7-10-23-25(13-19)34-24-12-18(32-14-31-16(3)29)6-9-22(24)27(23)21-8-5-17(28-4)11-20(21)26(30)35-27/h5-13,15,28H,14H2,1-4H3. The summed E-state index contributed by atoms with van der Waals surface area (Å²) < 4.78 is 28.8. The summed E-state index contributed by atoms with van der Waals surface area (Å²) in [5.41, 5.74) is 2.16. The lowest BCUT2D eigenvalue weighted by Crippen LogP contribution is -2.33. The first-order valence-electron chi connectivity index (χ1n) is 11.3. The minimum Gasteiger partial charge on any atom is -0.491 e. The van der Waals surface area contributed by atoms with Crippen LogP contribution in [0.1, 0.15) is 47.8 Å². The number of benzene rings is 3. The van der Waals surface area contributed by atoms with E-state index in [0.717, 1.165) is 11.3 Å². The van der Waals surface area contributed by atoms with E-state index in [1.165, 1.54) is 6.92 Å². The van der Waals surface area contributed by atoms with Crippen LogP contribution in [-0.2, 0) is 19.9 Å². The Balaban J connectivity index is 1.67. The molecule has 0 aromatic heterocycles. The van der Waals surface area contributed by atoms with Gasteiger partial charge < -0.3 is 29.0 Å². The molecular weight excluding hydrogens is 450 g/mol. The van der Waals surface area contributed by atoms with E-state index in [1.807, 2.05) is 38.1 Å². The third-order valence-electron chi connectivity index (χ3n) is 5.90. The van der Waals surface area contributed by atoms with Gasteiger partial charge in [0.1, 0.15) is 23.0 Å². The third kappa shape index (κ3) is 3.80. The summed E-state index contributed by atoms with van der Waals surface area (Å²) >= 11 is 0. The van der Waals surface area contributed by atoms with E-state index in [0.29, 0.717) is 39.7 Å².